The summed E-state index contributed by atoms with van der Waals surface area (Å²) in [5.74, 6) is -1.38. The second-order valence-electron chi connectivity index (χ2n) is 4.62. The highest BCUT2D eigenvalue weighted by Gasteiger charge is 2.17. The van der Waals surface area contributed by atoms with Gasteiger partial charge in [-0.25, -0.2) is 4.79 Å². The van der Waals surface area contributed by atoms with E-state index in [4.69, 9.17) is 5.11 Å². The fourth-order valence-corrected chi connectivity index (χ4v) is 1.80. The maximum atomic E-state index is 11.7. The summed E-state index contributed by atoms with van der Waals surface area (Å²) in [6.07, 6.45) is 5.16. The van der Waals surface area contributed by atoms with Gasteiger partial charge in [0.05, 0.1) is 0 Å². The molecule has 0 heterocycles. The second-order valence-corrected chi connectivity index (χ2v) is 4.62. The molecule has 1 unspecified atom stereocenters. The monoisotopic (exact) mass is 275 g/mol. The number of benzene rings is 1. The molecule has 108 valence electrons. The van der Waals surface area contributed by atoms with E-state index in [-0.39, 0.29) is 5.91 Å². The normalized spacial score (nSPS) is 12.3. The number of hydrogen-bond acceptors (Lipinski definition) is 2. The maximum Gasteiger partial charge on any atom is 0.326 e. The van der Waals surface area contributed by atoms with Crippen LogP contribution in [0.15, 0.2) is 30.3 Å². The Bertz CT molecular complexity index is 477. The first-order valence-corrected chi connectivity index (χ1v) is 6.87. The van der Waals surface area contributed by atoms with E-state index in [2.05, 4.69) is 12.2 Å². The highest BCUT2D eigenvalue weighted by Crippen LogP contribution is 2.06. The summed E-state index contributed by atoms with van der Waals surface area (Å²) >= 11 is 0. The number of carboxylic acids is 1. The number of hydrogen-bond donors (Lipinski definition) is 2. The van der Waals surface area contributed by atoms with Gasteiger partial charge in [-0.15, -0.1) is 0 Å². The predicted octanol–water partition coefficient (Wildman–Crippen LogP) is 2.63. The van der Waals surface area contributed by atoms with Crippen LogP contribution in [0.1, 0.15) is 37.8 Å². The molecule has 1 atom stereocenters. The maximum absolute atomic E-state index is 11.7. The second kappa shape index (κ2) is 8.15. The molecule has 0 aromatic heterocycles. The number of aliphatic carboxylic acids is 1. The predicted molar refractivity (Wildman–Crippen MR) is 79.3 cm³/mol. The molecule has 0 fully saturated rings. The fourth-order valence-electron chi connectivity index (χ4n) is 1.80. The Morgan fingerprint density at radius 1 is 1.25 bits per heavy atom. The molecule has 0 bridgehead atoms. The van der Waals surface area contributed by atoms with E-state index in [0.29, 0.717) is 12.8 Å². The first kappa shape index (κ1) is 16.0. The van der Waals surface area contributed by atoms with Crippen LogP contribution in [0.4, 0.5) is 0 Å². The van der Waals surface area contributed by atoms with Crippen LogP contribution in [0, 0.1) is 0 Å². The minimum Gasteiger partial charge on any atom is -0.480 e. The lowest BCUT2D eigenvalue weighted by atomic mass is 10.1. The third-order valence-electron chi connectivity index (χ3n) is 3.01. The third kappa shape index (κ3) is 5.26. The van der Waals surface area contributed by atoms with Crippen LogP contribution in [0.25, 0.3) is 6.08 Å². The van der Waals surface area contributed by atoms with Crippen LogP contribution in [0.5, 0.6) is 0 Å². The molecule has 0 saturated heterocycles. The molecule has 1 amide bonds. The molecule has 4 heteroatoms. The molecule has 0 aliphatic heterocycles. The van der Waals surface area contributed by atoms with Gasteiger partial charge in [0.2, 0.25) is 5.91 Å². The summed E-state index contributed by atoms with van der Waals surface area (Å²) in [6, 6.07) is 7.07. The Morgan fingerprint density at radius 3 is 2.40 bits per heavy atom. The van der Waals surface area contributed by atoms with Gasteiger partial charge in [-0.05, 0) is 30.0 Å². The van der Waals surface area contributed by atoms with E-state index in [0.717, 1.165) is 12.0 Å². The van der Waals surface area contributed by atoms with E-state index in [1.54, 1.807) is 6.08 Å². The molecular weight excluding hydrogens is 254 g/mol. The summed E-state index contributed by atoms with van der Waals surface area (Å²) < 4.78 is 0. The van der Waals surface area contributed by atoms with Crippen molar-refractivity contribution in [2.75, 3.05) is 0 Å². The van der Waals surface area contributed by atoms with E-state index in [1.807, 2.05) is 31.2 Å². The lowest BCUT2D eigenvalue weighted by molar-refractivity contribution is -0.141. The summed E-state index contributed by atoms with van der Waals surface area (Å²) in [4.78, 5) is 22.6. The van der Waals surface area contributed by atoms with Gasteiger partial charge < -0.3 is 10.4 Å². The first-order valence-electron chi connectivity index (χ1n) is 6.87. The van der Waals surface area contributed by atoms with Crippen molar-refractivity contribution in [2.24, 2.45) is 0 Å². The van der Waals surface area contributed by atoms with Crippen LogP contribution in [-0.4, -0.2) is 23.0 Å². The highest BCUT2D eigenvalue weighted by molar-refractivity contribution is 5.94. The minimum atomic E-state index is -0.999. The van der Waals surface area contributed by atoms with E-state index in [1.165, 1.54) is 11.6 Å². The van der Waals surface area contributed by atoms with Crippen molar-refractivity contribution in [1.29, 1.82) is 0 Å². The van der Waals surface area contributed by atoms with Crippen molar-refractivity contribution in [3.63, 3.8) is 0 Å². The number of carboxylic acid groups (broad SMARTS) is 1. The zero-order chi connectivity index (χ0) is 15.0. The van der Waals surface area contributed by atoms with Crippen LogP contribution < -0.4 is 5.32 Å². The molecule has 0 aliphatic carbocycles. The molecule has 0 saturated carbocycles. The molecule has 0 radical (unpaired) electrons. The summed E-state index contributed by atoms with van der Waals surface area (Å²) in [7, 11) is 0. The third-order valence-corrected chi connectivity index (χ3v) is 3.01. The van der Waals surface area contributed by atoms with Gasteiger partial charge in [0, 0.05) is 6.08 Å². The number of amides is 1. The van der Waals surface area contributed by atoms with Gasteiger partial charge in [0.1, 0.15) is 6.04 Å². The van der Waals surface area contributed by atoms with Gasteiger partial charge in [0.15, 0.2) is 0 Å². The van der Waals surface area contributed by atoms with Gasteiger partial charge in [-0.1, -0.05) is 44.5 Å². The average molecular weight is 275 g/mol. The highest BCUT2D eigenvalue weighted by atomic mass is 16.4. The zero-order valence-corrected chi connectivity index (χ0v) is 11.9. The van der Waals surface area contributed by atoms with Crippen LogP contribution in [-0.2, 0) is 16.0 Å². The number of carbonyl (C=O) groups is 2. The van der Waals surface area contributed by atoms with Crippen LogP contribution in [0.2, 0.25) is 0 Å². The zero-order valence-electron chi connectivity index (χ0n) is 11.9. The first-order chi connectivity index (χ1) is 9.56. The quantitative estimate of drug-likeness (QED) is 0.752. The van der Waals surface area contributed by atoms with Gasteiger partial charge in [-0.2, -0.15) is 0 Å². The number of nitrogens with one attached hydrogen (secondary N) is 1. The van der Waals surface area contributed by atoms with Crippen molar-refractivity contribution in [2.45, 2.75) is 39.2 Å². The Labute approximate surface area is 119 Å². The Morgan fingerprint density at radius 2 is 1.90 bits per heavy atom. The van der Waals surface area contributed by atoms with Crippen molar-refractivity contribution in [3.05, 3.63) is 41.5 Å². The number of rotatable bonds is 7. The van der Waals surface area contributed by atoms with Gasteiger partial charge in [0.25, 0.3) is 0 Å². The van der Waals surface area contributed by atoms with E-state index < -0.39 is 12.0 Å². The Kier molecular flexibility index (Phi) is 6.50. The van der Waals surface area contributed by atoms with Crippen molar-refractivity contribution < 1.29 is 14.7 Å². The van der Waals surface area contributed by atoms with Gasteiger partial charge >= 0.3 is 5.97 Å². The SMILES string of the molecule is CCCC(NC(=O)/C=C/c1ccc(CC)cc1)C(=O)O. The molecule has 1 aromatic carbocycles. The molecule has 0 aliphatic rings. The summed E-state index contributed by atoms with van der Waals surface area (Å²) in [6.45, 7) is 3.96. The van der Waals surface area contributed by atoms with Crippen LogP contribution >= 0.6 is 0 Å². The standard InChI is InChI=1S/C16H21NO3/c1-3-5-14(16(19)20)17-15(18)11-10-13-8-6-12(4-2)7-9-13/h6-11,14H,3-5H2,1-2H3,(H,17,18)(H,19,20)/b11-10+. The molecule has 4 nitrogen and oxygen atoms in total. The molecule has 20 heavy (non-hydrogen) atoms. The smallest absolute Gasteiger partial charge is 0.326 e. The number of aryl methyl sites for hydroxylation is 1. The topological polar surface area (TPSA) is 66.4 Å². The molecule has 2 N–H and O–H groups in total. The molecule has 0 spiro atoms. The average Bonchev–Trinajstić information content (AvgIpc) is 2.45. The van der Waals surface area contributed by atoms with Crippen molar-refractivity contribution in [1.82, 2.24) is 5.32 Å². The lowest BCUT2D eigenvalue weighted by Gasteiger charge is -2.11. The summed E-state index contributed by atoms with van der Waals surface area (Å²) in [5.41, 5.74) is 2.15. The Balaban J connectivity index is 2.59. The molecular formula is C16H21NO3. The molecule has 1 aromatic rings. The largest absolute Gasteiger partial charge is 0.480 e. The minimum absolute atomic E-state index is 0.384. The summed E-state index contributed by atoms with van der Waals surface area (Å²) in [5, 5.41) is 11.4. The van der Waals surface area contributed by atoms with Gasteiger partial charge in [-0.3, -0.25) is 4.79 Å². The number of carbonyl (C=O) groups excluding carboxylic acids is 1. The lowest BCUT2D eigenvalue weighted by Crippen LogP contribution is -2.39. The Hall–Kier alpha value is -2.10. The van der Waals surface area contributed by atoms with Crippen molar-refractivity contribution in [3.8, 4) is 0 Å². The fraction of sp³-hybridized carbons (Fsp3) is 0.375. The van der Waals surface area contributed by atoms with E-state index >= 15 is 0 Å². The van der Waals surface area contributed by atoms with E-state index in [9.17, 15) is 9.59 Å². The van der Waals surface area contributed by atoms with Crippen molar-refractivity contribution >= 4 is 18.0 Å². The van der Waals surface area contributed by atoms with Crippen LogP contribution in [0.3, 0.4) is 0 Å². The molecule has 1 rings (SSSR count).